The molecule has 0 radical (unpaired) electrons. The van der Waals surface area contributed by atoms with Crippen molar-refractivity contribution in [2.24, 2.45) is 0 Å². The van der Waals surface area contributed by atoms with Crippen LogP contribution in [-0.4, -0.2) is 30.7 Å². The van der Waals surface area contributed by atoms with Crippen LogP contribution in [0, 0.1) is 0 Å². The van der Waals surface area contributed by atoms with Gasteiger partial charge in [0.25, 0.3) is 5.78 Å². The second kappa shape index (κ2) is 3.15. The van der Waals surface area contributed by atoms with Crippen molar-refractivity contribution in [3.05, 3.63) is 23.8 Å². The number of hydrogen-bond donors (Lipinski definition) is 1. The second-order valence-corrected chi connectivity index (χ2v) is 2.80. The standard InChI is InChI=1S/C7H3F3N4O2/c8-7(9,10)4-1-3(5(15)16)13-6-11-2-12-14(4)6/h1-2H,(H,15,16). The van der Waals surface area contributed by atoms with Crippen molar-refractivity contribution in [2.75, 3.05) is 0 Å². The van der Waals surface area contributed by atoms with E-state index in [-0.39, 0.29) is 0 Å². The smallest absolute Gasteiger partial charge is 0.433 e. The molecule has 0 aliphatic heterocycles. The molecule has 0 amide bonds. The minimum Gasteiger partial charge on any atom is -0.477 e. The zero-order valence-corrected chi connectivity index (χ0v) is 7.43. The number of alkyl halides is 3. The van der Waals surface area contributed by atoms with Crippen LogP contribution in [0.15, 0.2) is 12.4 Å². The van der Waals surface area contributed by atoms with E-state index < -0.39 is 29.3 Å². The Morgan fingerprint density at radius 1 is 1.44 bits per heavy atom. The molecule has 2 aromatic rings. The molecular weight excluding hydrogens is 229 g/mol. The molecule has 2 heterocycles. The van der Waals surface area contributed by atoms with Gasteiger partial charge in [-0.3, -0.25) is 0 Å². The third-order valence-electron chi connectivity index (χ3n) is 1.76. The van der Waals surface area contributed by atoms with Gasteiger partial charge in [-0.1, -0.05) is 0 Å². The van der Waals surface area contributed by atoms with Crippen LogP contribution in [0.3, 0.4) is 0 Å². The first-order chi connectivity index (χ1) is 7.39. The van der Waals surface area contributed by atoms with E-state index >= 15 is 0 Å². The highest BCUT2D eigenvalue weighted by Crippen LogP contribution is 2.29. The van der Waals surface area contributed by atoms with Crippen LogP contribution in [0.5, 0.6) is 0 Å². The third-order valence-corrected chi connectivity index (χ3v) is 1.76. The molecule has 0 aliphatic carbocycles. The topological polar surface area (TPSA) is 80.4 Å². The lowest BCUT2D eigenvalue weighted by molar-refractivity contribution is -0.142. The average molecular weight is 232 g/mol. The molecule has 0 unspecified atom stereocenters. The van der Waals surface area contributed by atoms with E-state index in [4.69, 9.17) is 5.11 Å². The summed E-state index contributed by atoms with van der Waals surface area (Å²) < 4.78 is 38.0. The lowest BCUT2D eigenvalue weighted by atomic mass is 10.3. The van der Waals surface area contributed by atoms with E-state index in [1.54, 1.807) is 0 Å². The number of rotatable bonds is 1. The molecule has 0 saturated heterocycles. The molecule has 0 aliphatic rings. The third kappa shape index (κ3) is 1.55. The Morgan fingerprint density at radius 3 is 2.69 bits per heavy atom. The number of aromatic carboxylic acids is 1. The first kappa shape index (κ1) is 10.3. The largest absolute Gasteiger partial charge is 0.477 e. The van der Waals surface area contributed by atoms with Crippen LogP contribution >= 0.6 is 0 Å². The maximum absolute atomic E-state index is 12.5. The highest BCUT2D eigenvalue weighted by Gasteiger charge is 2.35. The number of carboxylic acid groups (broad SMARTS) is 1. The van der Waals surface area contributed by atoms with Crippen LogP contribution in [0.1, 0.15) is 16.2 Å². The zero-order chi connectivity index (χ0) is 11.9. The van der Waals surface area contributed by atoms with E-state index in [0.717, 1.165) is 6.33 Å². The zero-order valence-electron chi connectivity index (χ0n) is 7.43. The Labute approximate surface area is 85.4 Å². The van der Waals surface area contributed by atoms with Gasteiger partial charge in [-0.15, -0.1) is 0 Å². The Morgan fingerprint density at radius 2 is 2.12 bits per heavy atom. The predicted molar refractivity (Wildman–Crippen MR) is 42.7 cm³/mol. The Hall–Kier alpha value is -2.19. The summed E-state index contributed by atoms with van der Waals surface area (Å²) in [4.78, 5) is 17.4. The van der Waals surface area contributed by atoms with E-state index in [0.29, 0.717) is 10.6 Å². The SMILES string of the molecule is O=C(O)c1cc(C(F)(F)F)n2ncnc2n1. The minimum absolute atomic E-state index is 0.407. The number of nitrogens with zero attached hydrogens (tertiary/aromatic N) is 4. The molecule has 2 rings (SSSR count). The molecule has 6 nitrogen and oxygen atoms in total. The van der Waals surface area contributed by atoms with Crippen molar-refractivity contribution in [2.45, 2.75) is 6.18 Å². The number of carbonyl (C=O) groups is 1. The van der Waals surface area contributed by atoms with Crippen LogP contribution in [0.4, 0.5) is 13.2 Å². The molecule has 9 heteroatoms. The summed E-state index contributed by atoms with van der Waals surface area (Å²) >= 11 is 0. The van der Waals surface area contributed by atoms with Gasteiger partial charge in [0, 0.05) is 6.07 Å². The van der Waals surface area contributed by atoms with Gasteiger partial charge in [0.15, 0.2) is 11.4 Å². The van der Waals surface area contributed by atoms with Gasteiger partial charge in [-0.2, -0.15) is 27.8 Å². The second-order valence-electron chi connectivity index (χ2n) is 2.80. The Bertz CT molecular complexity index is 562. The quantitative estimate of drug-likeness (QED) is 0.787. The van der Waals surface area contributed by atoms with E-state index in [1.165, 1.54) is 0 Å². The molecular formula is C7H3F3N4O2. The van der Waals surface area contributed by atoms with Gasteiger partial charge >= 0.3 is 12.1 Å². The van der Waals surface area contributed by atoms with Gasteiger partial charge in [0.05, 0.1) is 0 Å². The monoisotopic (exact) mass is 232 g/mol. The lowest BCUT2D eigenvalue weighted by Gasteiger charge is -2.08. The first-order valence-corrected chi connectivity index (χ1v) is 3.91. The van der Waals surface area contributed by atoms with Crippen LogP contribution in [-0.2, 0) is 6.18 Å². The molecule has 0 aromatic carbocycles. The average Bonchev–Trinajstić information content (AvgIpc) is 2.61. The number of carboxylic acids is 1. The number of fused-ring (bicyclic) bond motifs is 1. The molecule has 0 spiro atoms. The Kier molecular flexibility index (Phi) is 2.04. The lowest BCUT2D eigenvalue weighted by Crippen LogP contribution is -2.16. The van der Waals surface area contributed by atoms with Crippen molar-refractivity contribution in [1.82, 2.24) is 19.6 Å². The fraction of sp³-hybridized carbons (Fsp3) is 0.143. The maximum atomic E-state index is 12.5. The summed E-state index contributed by atoms with van der Waals surface area (Å²) in [6.45, 7) is 0. The van der Waals surface area contributed by atoms with Crippen molar-refractivity contribution < 1.29 is 23.1 Å². The van der Waals surface area contributed by atoms with E-state index in [2.05, 4.69) is 15.1 Å². The molecule has 0 bridgehead atoms. The van der Waals surface area contributed by atoms with E-state index in [9.17, 15) is 18.0 Å². The number of aromatic nitrogens is 4. The first-order valence-electron chi connectivity index (χ1n) is 3.91. The maximum Gasteiger partial charge on any atom is 0.433 e. The van der Waals surface area contributed by atoms with Crippen molar-refractivity contribution >= 4 is 11.7 Å². The van der Waals surface area contributed by atoms with Crippen molar-refractivity contribution in [3.63, 3.8) is 0 Å². The fourth-order valence-electron chi connectivity index (χ4n) is 1.12. The number of hydrogen-bond acceptors (Lipinski definition) is 4. The van der Waals surface area contributed by atoms with Gasteiger partial charge in [-0.25, -0.2) is 9.78 Å². The summed E-state index contributed by atoms with van der Waals surface area (Å²) in [6.07, 6.45) is -3.86. The molecule has 1 N–H and O–H groups in total. The van der Waals surface area contributed by atoms with Gasteiger partial charge in [-0.05, 0) is 0 Å². The molecule has 0 fully saturated rings. The van der Waals surface area contributed by atoms with Crippen LogP contribution < -0.4 is 0 Å². The predicted octanol–water partition coefficient (Wildman–Crippen LogP) is 0.841. The van der Waals surface area contributed by atoms with Gasteiger partial charge in [0.1, 0.15) is 6.33 Å². The minimum atomic E-state index is -4.72. The highest BCUT2D eigenvalue weighted by molar-refractivity contribution is 5.85. The normalized spacial score (nSPS) is 11.9. The number of halogens is 3. The van der Waals surface area contributed by atoms with E-state index in [1.807, 2.05) is 0 Å². The van der Waals surface area contributed by atoms with Crippen molar-refractivity contribution in [1.29, 1.82) is 0 Å². The molecule has 0 saturated carbocycles. The van der Waals surface area contributed by atoms with Gasteiger partial charge in [0.2, 0.25) is 0 Å². The van der Waals surface area contributed by atoms with Gasteiger partial charge < -0.3 is 5.11 Å². The molecule has 2 aromatic heterocycles. The van der Waals surface area contributed by atoms with Crippen LogP contribution in [0.25, 0.3) is 5.78 Å². The summed E-state index contributed by atoms with van der Waals surface area (Å²) in [7, 11) is 0. The highest BCUT2D eigenvalue weighted by atomic mass is 19.4. The summed E-state index contributed by atoms with van der Waals surface area (Å²) in [5.41, 5.74) is -1.96. The van der Waals surface area contributed by atoms with Crippen molar-refractivity contribution in [3.8, 4) is 0 Å². The summed E-state index contributed by atoms with van der Waals surface area (Å²) in [5.74, 6) is -1.97. The fourth-order valence-corrected chi connectivity index (χ4v) is 1.12. The summed E-state index contributed by atoms with van der Waals surface area (Å²) in [5, 5.41) is 11.9. The molecule has 16 heavy (non-hydrogen) atoms. The Balaban J connectivity index is 2.79. The molecule has 0 atom stereocenters. The summed E-state index contributed by atoms with van der Waals surface area (Å²) in [6, 6.07) is 0.407. The molecule has 84 valence electrons. The van der Waals surface area contributed by atoms with Crippen LogP contribution in [0.2, 0.25) is 0 Å².